The van der Waals surface area contributed by atoms with Crippen LogP contribution in [0, 0.1) is 0 Å². The van der Waals surface area contributed by atoms with Crippen LogP contribution in [0.4, 0.5) is 0 Å². The number of unbranched alkanes of at least 4 members (excludes halogenated alkanes) is 18. The number of carbonyl (C=O) groups is 3. The second kappa shape index (κ2) is 42.8. The number of ether oxygens (including phenoxy) is 3. The molecule has 0 N–H and O–H groups in total. The summed E-state index contributed by atoms with van der Waals surface area (Å²) in [6.07, 6.45) is 50.6. The van der Waals surface area contributed by atoms with Crippen LogP contribution in [-0.2, 0) is 28.6 Å². The summed E-state index contributed by atoms with van der Waals surface area (Å²) in [5.41, 5.74) is 0. The highest BCUT2D eigenvalue weighted by Gasteiger charge is 2.19. The molecule has 310 valence electrons. The second-order valence-corrected chi connectivity index (χ2v) is 14.5. The third-order valence-corrected chi connectivity index (χ3v) is 9.27. The van der Waals surface area contributed by atoms with E-state index < -0.39 is 6.10 Å². The van der Waals surface area contributed by atoms with Crippen LogP contribution >= 0.6 is 0 Å². The fourth-order valence-corrected chi connectivity index (χ4v) is 5.96. The minimum atomic E-state index is -0.786. The van der Waals surface area contributed by atoms with Crippen molar-refractivity contribution in [1.29, 1.82) is 0 Å². The third-order valence-electron chi connectivity index (χ3n) is 9.27. The first-order valence-electron chi connectivity index (χ1n) is 22.3. The summed E-state index contributed by atoms with van der Waals surface area (Å²) < 4.78 is 16.7. The highest BCUT2D eigenvalue weighted by Crippen LogP contribution is 2.13. The standard InChI is InChI=1S/C48H82O6/c1-4-7-10-13-16-19-22-24-25-27-29-32-35-38-41-47(50)53-44-45(43-52-46(49)40-37-34-31-28-21-18-15-12-9-6-3)54-48(51)42-39-36-33-30-26-23-20-17-14-11-8-5-2/h7-8,10-11,16-17,19-20,24-25,45H,4-6,9,12-15,18,21-23,26-44H2,1-3H3/b10-7-,11-8-,19-16-,20-17-,25-24-. The van der Waals surface area contributed by atoms with Crippen molar-refractivity contribution in [1.82, 2.24) is 0 Å². The molecular weight excluding hydrogens is 673 g/mol. The largest absolute Gasteiger partial charge is 0.462 e. The van der Waals surface area contributed by atoms with E-state index in [0.717, 1.165) is 122 Å². The van der Waals surface area contributed by atoms with Crippen LogP contribution in [-0.4, -0.2) is 37.2 Å². The zero-order valence-corrected chi connectivity index (χ0v) is 35.2. The van der Waals surface area contributed by atoms with Crippen LogP contribution in [0.1, 0.15) is 207 Å². The van der Waals surface area contributed by atoms with Gasteiger partial charge in [-0.2, -0.15) is 0 Å². The molecule has 1 atom stereocenters. The normalized spacial score (nSPS) is 12.6. The topological polar surface area (TPSA) is 78.9 Å². The van der Waals surface area contributed by atoms with Gasteiger partial charge in [0.25, 0.3) is 0 Å². The first-order valence-corrected chi connectivity index (χ1v) is 22.3. The molecule has 0 amide bonds. The summed E-state index contributed by atoms with van der Waals surface area (Å²) in [5, 5.41) is 0. The van der Waals surface area contributed by atoms with Crippen molar-refractivity contribution in [2.45, 2.75) is 213 Å². The van der Waals surface area contributed by atoms with Crippen molar-refractivity contribution in [3.8, 4) is 0 Å². The minimum Gasteiger partial charge on any atom is -0.462 e. The zero-order chi connectivity index (χ0) is 39.4. The van der Waals surface area contributed by atoms with Gasteiger partial charge in [0.2, 0.25) is 0 Å². The van der Waals surface area contributed by atoms with Crippen LogP contribution in [0.2, 0.25) is 0 Å². The van der Waals surface area contributed by atoms with E-state index in [1.807, 2.05) is 0 Å². The van der Waals surface area contributed by atoms with Crippen molar-refractivity contribution in [2.24, 2.45) is 0 Å². The van der Waals surface area contributed by atoms with Gasteiger partial charge < -0.3 is 14.2 Å². The molecule has 0 aromatic rings. The second-order valence-electron chi connectivity index (χ2n) is 14.5. The molecular formula is C48H82O6. The van der Waals surface area contributed by atoms with E-state index in [-0.39, 0.29) is 31.1 Å². The molecule has 0 aromatic carbocycles. The van der Waals surface area contributed by atoms with E-state index in [1.54, 1.807) is 0 Å². The molecule has 0 aliphatic rings. The molecule has 0 aliphatic heterocycles. The van der Waals surface area contributed by atoms with Crippen LogP contribution < -0.4 is 0 Å². The average molecular weight is 755 g/mol. The number of allylic oxidation sites excluding steroid dienone is 10. The Kier molecular flexibility index (Phi) is 40.6. The monoisotopic (exact) mass is 755 g/mol. The van der Waals surface area contributed by atoms with Gasteiger partial charge in [0.15, 0.2) is 6.10 Å². The molecule has 0 saturated carbocycles. The Morgan fingerprint density at radius 1 is 0.389 bits per heavy atom. The van der Waals surface area contributed by atoms with Gasteiger partial charge >= 0.3 is 17.9 Å². The van der Waals surface area contributed by atoms with Gasteiger partial charge in [-0.1, -0.05) is 171 Å². The lowest BCUT2D eigenvalue weighted by atomic mass is 10.1. The number of hydrogen-bond donors (Lipinski definition) is 0. The van der Waals surface area contributed by atoms with Crippen LogP contribution in [0.3, 0.4) is 0 Å². The molecule has 0 spiro atoms. The van der Waals surface area contributed by atoms with Gasteiger partial charge in [0.1, 0.15) is 13.2 Å². The van der Waals surface area contributed by atoms with Gasteiger partial charge in [-0.25, -0.2) is 0 Å². The van der Waals surface area contributed by atoms with Gasteiger partial charge in [0, 0.05) is 19.3 Å². The molecule has 6 nitrogen and oxygen atoms in total. The van der Waals surface area contributed by atoms with Crippen LogP contribution in [0.25, 0.3) is 0 Å². The van der Waals surface area contributed by atoms with Gasteiger partial charge in [-0.15, -0.1) is 0 Å². The van der Waals surface area contributed by atoms with Crippen LogP contribution in [0.15, 0.2) is 60.8 Å². The number of rotatable bonds is 39. The predicted octanol–water partition coefficient (Wildman–Crippen LogP) is 14.1. The van der Waals surface area contributed by atoms with Crippen molar-refractivity contribution >= 4 is 17.9 Å². The molecule has 54 heavy (non-hydrogen) atoms. The number of carbonyl (C=O) groups excluding carboxylic acids is 3. The first kappa shape index (κ1) is 51.1. The summed E-state index contributed by atoms with van der Waals surface area (Å²) in [4.78, 5) is 37.7. The Morgan fingerprint density at radius 3 is 1.13 bits per heavy atom. The van der Waals surface area contributed by atoms with Gasteiger partial charge in [-0.3, -0.25) is 14.4 Å². The lowest BCUT2D eigenvalue weighted by Crippen LogP contribution is -2.30. The van der Waals surface area contributed by atoms with Crippen LogP contribution in [0.5, 0.6) is 0 Å². The average Bonchev–Trinajstić information content (AvgIpc) is 3.17. The Bertz CT molecular complexity index is 1010. The van der Waals surface area contributed by atoms with Crippen molar-refractivity contribution in [3.05, 3.63) is 60.8 Å². The molecule has 0 aromatic heterocycles. The minimum absolute atomic E-state index is 0.0867. The van der Waals surface area contributed by atoms with Gasteiger partial charge in [0.05, 0.1) is 0 Å². The Balaban J connectivity index is 4.43. The van der Waals surface area contributed by atoms with E-state index in [1.165, 1.54) is 44.9 Å². The highest BCUT2D eigenvalue weighted by atomic mass is 16.6. The third kappa shape index (κ3) is 40.3. The summed E-state index contributed by atoms with van der Waals surface area (Å²) >= 11 is 0. The fourth-order valence-electron chi connectivity index (χ4n) is 5.96. The molecule has 0 aliphatic carbocycles. The molecule has 0 saturated heterocycles. The molecule has 0 radical (unpaired) electrons. The first-order chi connectivity index (χ1) is 26.5. The predicted molar refractivity (Wildman–Crippen MR) is 228 cm³/mol. The van der Waals surface area contributed by atoms with E-state index in [4.69, 9.17) is 14.2 Å². The van der Waals surface area contributed by atoms with Gasteiger partial charge in [-0.05, 0) is 77.0 Å². The summed E-state index contributed by atoms with van der Waals surface area (Å²) in [5.74, 6) is -0.931. The van der Waals surface area contributed by atoms with E-state index in [2.05, 4.69) is 81.5 Å². The molecule has 0 bridgehead atoms. The zero-order valence-electron chi connectivity index (χ0n) is 35.2. The lowest BCUT2D eigenvalue weighted by molar-refractivity contribution is -0.167. The van der Waals surface area contributed by atoms with Crippen molar-refractivity contribution in [2.75, 3.05) is 13.2 Å². The summed E-state index contributed by atoms with van der Waals surface area (Å²) in [7, 11) is 0. The maximum absolute atomic E-state index is 12.7. The molecule has 0 fully saturated rings. The molecule has 0 heterocycles. The summed E-state index contributed by atoms with van der Waals surface area (Å²) in [6, 6.07) is 0. The number of hydrogen-bond acceptors (Lipinski definition) is 6. The maximum atomic E-state index is 12.7. The number of esters is 3. The fraction of sp³-hybridized carbons (Fsp3) is 0.729. The van der Waals surface area contributed by atoms with Crippen molar-refractivity contribution in [3.63, 3.8) is 0 Å². The Labute approximate surface area is 332 Å². The summed E-state index contributed by atoms with van der Waals surface area (Å²) in [6.45, 7) is 6.35. The smallest absolute Gasteiger partial charge is 0.306 e. The maximum Gasteiger partial charge on any atom is 0.306 e. The quantitative estimate of drug-likeness (QED) is 0.0269. The lowest BCUT2D eigenvalue weighted by Gasteiger charge is -2.18. The molecule has 0 rings (SSSR count). The van der Waals surface area contributed by atoms with Crippen molar-refractivity contribution < 1.29 is 28.6 Å². The van der Waals surface area contributed by atoms with E-state index in [9.17, 15) is 14.4 Å². The highest BCUT2D eigenvalue weighted by molar-refractivity contribution is 5.71. The SMILES string of the molecule is CC/C=C\C/C=C\C/C=C\CCCCCCC(=O)OCC(COC(=O)CCCCCCCCCCCC)OC(=O)CCCCCCC/C=C\C/C=C\CC. The molecule has 6 heteroatoms. The van der Waals surface area contributed by atoms with E-state index in [0.29, 0.717) is 19.3 Å². The Hall–Kier alpha value is -2.89. The molecule has 1 unspecified atom stereocenters. The van der Waals surface area contributed by atoms with E-state index >= 15 is 0 Å². The Morgan fingerprint density at radius 2 is 0.722 bits per heavy atom.